The molecule has 4 heteroatoms. The predicted molar refractivity (Wildman–Crippen MR) is 45.1 cm³/mol. The second-order valence-electron chi connectivity index (χ2n) is 2.04. The highest BCUT2D eigenvalue weighted by Crippen LogP contribution is 2.16. The van der Waals surface area contributed by atoms with Crippen molar-refractivity contribution >= 4 is 22.2 Å². The molecule has 0 amide bonds. The summed E-state index contributed by atoms with van der Waals surface area (Å²) in [6.07, 6.45) is 2.45. The van der Waals surface area contributed by atoms with E-state index in [-0.39, 0.29) is 0 Å². The number of nitrogens with one attached hydrogen (secondary N) is 1. The highest BCUT2D eigenvalue weighted by molar-refractivity contribution is 9.11. The third-order valence-electron chi connectivity index (χ3n) is 1.36. The minimum absolute atomic E-state index is 0.605. The van der Waals surface area contributed by atoms with Gasteiger partial charge in [0.2, 0.25) is 0 Å². The Balaban J connectivity index is 2.86. The summed E-state index contributed by atoms with van der Waals surface area (Å²) in [6, 6.07) is 0. The van der Waals surface area contributed by atoms with Crippen molar-refractivity contribution in [2.75, 3.05) is 13.7 Å². The van der Waals surface area contributed by atoms with E-state index in [2.05, 4.69) is 21.2 Å². The molecule has 0 saturated heterocycles. The average molecular weight is 218 g/mol. The van der Waals surface area contributed by atoms with Gasteiger partial charge in [0, 0.05) is 16.1 Å². The third-order valence-corrected chi connectivity index (χ3v) is 2.10. The zero-order chi connectivity index (χ0) is 8.27. The quantitative estimate of drug-likeness (QED) is 0.700. The number of hydrogen-bond acceptors (Lipinski definition) is 3. The molecule has 11 heavy (non-hydrogen) atoms. The number of carbonyl (C=O) groups excluding carboxylic acids is 1. The molecule has 60 valence electrons. The molecule has 0 aliphatic carbocycles. The Morgan fingerprint density at radius 3 is 3.09 bits per heavy atom. The second kappa shape index (κ2) is 3.57. The van der Waals surface area contributed by atoms with Gasteiger partial charge in [0.15, 0.2) is 12.2 Å². The summed E-state index contributed by atoms with van der Waals surface area (Å²) in [6.45, 7) is 0.605. The molecule has 1 aliphatic rings. The van der Waals surface area contributed by atoms with Gasteiger partial charge >= 0.3 is 0 Å². The number of ether oxygens (including phenoxy) is 1. The van der Waals surface area contributed by atoms with Crippen molar-refractivity contribution in [1.82, 2.24) is 5.32 Å². The van der Waals surface area contributed by atoms with Gasteiger partial charge in [0.1, 0.15) is 0 Å². The van der Waals surface area contributed by atoms with Gasteiger partial charge in [-0.2, -0.15) is 0 Å². The number of halogens is 1. The number of methoxy groups -OCH3 is 1. The van der Waals surface area contributed by atoms with Crippen LogP contribution in [0, 0.1) is 0 Å². The van der Waals surface area contributed by atoms with E-state index in [1.54, 1.807) is 13.2 Å². The number of dihydropyridines is 1. The van der Waals surface area contributed by atoms with Crippen LogP contribution in [-0.4, -0.2) is 19.9 Å². The molecule has 0 bridgehead atoms. The number of rotatable bonds is 2. The second-order valence-corrected chi connectivity index (χ2v) is 3.00. The minimum Gasteiger partial charge on any atom is -0.482 e. The molecule has 0 aromatic rings. The first-order chi connectivity index (χ1) is 5.27. The minimum atomic E-state index is 0.605. The van der Waals surface area contributed by atoms with Gasteiger partial charge in [-0.3, -0.25) is 4.79 Å². The van der Waals surface area contributed by atoms with Gasteiger partial charge < -0.3 is 10.1 Å². The van der Waals surface area contributed by atoms with Gasteiger partial charge in [-0.1, -0.05) is 15.9 Å². The van der Waals surface area contributed by atoms with Crippen LogP contribution in [0.2, 0.25) is 0 Å². The van der Waals surface area contributed by atoms with Crippen LogP contribution in [0.15, 0.2) is 22.0 Å². The van der Waals surface area contributed by atoms with Crippen molar-refractivity contribution in [2.24, 2.45) is 0 Å². The maximum absolute atomic E-state index is 10.4. The fourth-order valence-electron chi connectivity index (χ4n) is 0.766. The molecule has 0 atom stereocenters. The number of allylic oxidation sites excluding steroid dienone is 2. The first-order valence-corrected chi connectivity index (χ1v) is 3.90. The lowest BCUT2D eigenvalue weighted by molar-refractivity contribution is -0.104. The normalized spacial score (nSPS) is 17.1. The molecule has 3 nitrogen and oxygen atoms in total. The lowest BCUT2D eigenvalue weighted by Crippen LogP contribution is -2.21. The molecule has 1 aliphatic heterocycles. The number of hydrogen-bond donors (Lipinski definition) is 1. The van der Waals surface area contributed by atoms with E-state index in [0.717, 1.165) is 10.8 Å². The molecule has 0 aromatic carbocycles. The van der Waals surface area contributed by atoms with Crippen molar-refractivity contribution in [3.8, 4) is 0 Å². The van der Waals surface area contributed by atoms with Crippen molar-refractivity contribution in [1.29, 1.82) is 0 Å². The van der Waals surface area contributed by atoms with Crippen LogP contribution in [0.4, 0.5) is 0 Å². The van der Waals surface area contributed by atoms with E-state index in [0.29, 0.717) is 18.0 Å². The van der Waals surface area contributed by atoms with E-state index in [1.807, 2.05) is 0 Å². The first-order valence-electron chi connectivity index (χ1n) is 3.11. The summed E-state index contributed by atoms with van der Waals surface area (Å²) in [7, 11) is 1.56. The molecule has 1 rings (SSSR count). The van der Waals surface area contributed by atoms with Crippen LogP contribution in [-0.2, 0) is 9.53 Å². The van der Waals surface area contributed by atoms with Crippen LogP contribution in [0.25, 0.3) is 0 Å². The summed E-state index contributed by atoms with van der Waals surface area (Å²) < 4.78 is 5.76. The van der Waals surface area contributed by atoms with E-state index in [4.69, 9.17) is 4.74 Å². The Bertz CT molecular complexity index is 233. The summed E-state index contributed by atoms with van der Waals surface area (Å²) in [5, 5.41) is 2.96. The van der Waals surface area contributed by atoms with Crippen LogP contribution in [0.1, 0.15) is 0 Å². The van der Waals surface area contributed by atoms with Crippen LogP contribution in [0.5, 0.6) is 0 Å². The van der Waals surface area contributed by atoms with E-state index >= 15 is 0 Å². The van der Waals surface area contributed by atoms with Crippen molar-refractivity contribution in [3.05, 3.63) is 22.0 Å². The Hall–Kier alpha value is -0.770. The molecule has 0 spiro atoms. The SMILES string of the molecule is COC1=CC(C=O)=C(Br)CN1. The molecule has 0 unspecified atom stereocenters. The molecule has 1 heterocycles. The average Bonchev–Trinajstić information content (AvgIpc) is 2.05. The third kappa shape index (κ3) is 1.83. The van der Waals surface area contributed by atoms with Crippen molar-refractivity contribution < 1.29 is 9.53 Å². The molecular weight excluding hydrogens is 210 g/mol. The first kappa shape index (κ1) is 8.33. The number of aldehydes is 1. The lowest BCUT2D eigenvalue weighted by atomic mass is 10.2. The smallest absolute Gasteiger partial charge is 0.187 e. The van der Waals surface area contributed by atoms with E-state index < -0.39 is 0 Å². The monoisotopic (exact) mass is 217 g/mol. The molecule has 1 N–H and O–H groups in total. The van der Waals surface area contributed by atoms with E-state index in [9.17, 15) is 4.79 Å². The van der Waals surface area contributed by atoms with Gasteiger partial charge in [0.05, 0.1) is 13.7 Å². The van der Waals surface area contributed by atoms with Crippen LogP contribution < -0.4 is 5.32 Å². The van der Waals surface area contributed by atoms with Gasteiger partial charge in [-0.15, -0.1) is 0 Å². The van der Waals surface area contributed by atoms with Crippen molar-refractivity contribution in [2.45, 2.75) is 0 Å². The summed E-state index contributed by atoms with van der Waals surface area (Å²) in [4.78, 5) is 10.4. The maximum Gasteiger partial charge on any atom is 0.187 e. The largest absolute Gasteiger partial charge is 0.482 e. The van der Waals surface area contributed by atoms with Gasteiger partial charge in [-0.05, 0) is 0 Å². The summed E-state index contributed by atoms with van der Waals surface area (Å²) in [5.74, 6) is 0.621. The molecule has 0 radical (unpaired) electrons. The number of carbonyl (C=O) groups is 1. The predicted octanol–water partition coefficient (Wildman–Crippen LogP) is 0.925. The fraction of sp³-hybridized carbons (Fsp3) is 0.286. The molecule has 0 saturated carbocycles. The topological polar surface area (TPSA) is 38.3 Å². The molecule has 0 fully saturated rings. The highest BCUT2D eigenvalue weighted by atomic mass is 79.9. The van der Waals surface area contributed by atoms with Crippen molar-refractivity contribution in [3.63, 3.8) is 0 Å². The Labute approximate surface area is 73.2 Å². The van der Waals surface area contributed by atoms with E-state index in [1.165, 1.54) is 0 Å². The Kier molecular flexibility index (Phi) is 2.70. The Morgan fingerprint density at radius 1 is 1.82 bits per heavy atom. The highest BCUT2D eigenvalue weighted by Gasteiger charge is 2.09. The Morgan fingerprint density at radius 2 is 2.55 bits per heavy atom. The summed E-state index contributed by atoms with van der Waals surface area (Å²) >= 11 is 3.26. The molecular formula is C7H8BrNO2. The van der Waals surface area contributed by atoms with Crippen LogP contribution >= 0.6 is 15.9 Å². The maximum atomic E-state index is 10.4. The lowest BCUT2D eigenvalue weighted by Gasteiger charge is -2.14. The van der Waals surface area contributed by atoms with Gasteiger partial charge in [0.25, 0.3) is 0 Å². The summed E-state index contributed by atoms with van der Waals surface area (Å²) in [5.41, 5.74) is 0.626. The standard InChI is InChI=1S/C7H8BrNO2/c1-11-7-2-5(4-10)6(8)3-9-7/h2,4,9H,3H2,1H3. The zero-order valence-corrected chi connectivity index (χ0v) is 7.64. The zero-order valence-electron chi connectivity index (χ0n) is 6.06. The molecule has 0 aromatic heterocycles. The van der Waals surface area contributed by atoms with Crippen LogP contribution in [0.3, 0.4) is 0 Å². The van der Waals surface area contributed by atoms with Gasteiger partial charge in [-0.25, -0.2) is 0 Å². The fourth-order valence-corrected chi connectivity index (χ4v) is 1.11.